The standard InChI is InChI=1S/C11H11NO3/c1-8(11(14)12-15)7-10(13)9-5-3-2-4-6-9/h2-7,15H,1H3,(H,12,14). The fourth-order valence-electron chi connectivity index (χ4n) is 1.04. The zero-order valence-corrected chi connectivity index (χ0v) is 8.23. The molecule has 0 unspecified atom stereocenters. The Balaban J connectivity index is 2.84. The Kier molecular flexibility index (Phi) is 3.76. The van der Waals surface area contributed by atoms with Crippen molar-refractivity contribution in [1.82, 2.24) is 5.48 Å². The third-order valence-electron chi connectivity index (χ3n) is 1.87. The molecule has 1 aromatic carbocycles. The van der Waals surface area contributed by atoms with Crippen LogP contribution in [0.3, 0.4) is 0 Å². The van der Waals surface area contributed by atoms with Gasteiger partial charge >= 0.3 is 0 Å². The first-order chi connectivity index (χ1) is 7.15. The second-order valence-electron chi connectivity index (χ2n) is 3.00. The van der Waals surface area contributed by atoms with Crippen molar-refractivity contribution in [3.8, 4) is 0 Å². The highest BCUT2D eigenvalue weighted by molar-refractivity contribution is 6.09. The van der Waals surface area contributed by atoms with Crippen molar-refractivity contribution in [2.45, 2.75) is 6.92 Å². The summed E-state index contributed by atoms with van der Waals surface area (Å²) in [4.78, 5) is 22.4. The van der Waals surface area contributed by atoms with Crippen molar-refractivity contribution >= 4 is 11.7 Å². The SMILES string of the molecule is CC(=CC(=O)c1ccccc1)C(=O)NO. The van der Waals surface area contributed by atoms with Crippen LogP contribution in [0.25, 0.3) is 0 Å². The quantitative estimate of drug-likeness (QED) is 0.338. The van der Waals surface area contributed by atoms with E-state index < -0.39 is 5.91 Å². The first-order valence-corrected chi connectivity index (χ1v) is 4.37. The maximum Gasteiger partial charge on any atom is 0.270 e. The minimum Gasteiger partial charge on any atom is -0.289 e. The van der Waals surface area contributed by atoms with E-state index in [1.165, 1.54) is 18.5 Å². The van der Waals surface area contributed by atoms with Crippen molar-refractivity contribution in [2.75, 3.05) is 0 Å². The Hall–Kier alpha value is -1.94. The topological polar surface area (TPSA) is 66.4 Å². The summed E-state index contributed by atoms with van der Waals surface area (Å²) in [5.41, 5.74) is 2.12. The van der Waals surface area contributed by atoms with Gasteiger partial charge in [-0.05, 0) is 13.0 Å². The van der Waals surface area contributed by atoms with Gasteiger partial charge in [-0.2, -0.15) is 0 Å². The van der Waals surface area contributed by atoms with Gasteiger partial charge in [-0.3, -0.25) is 14.8 Å². The molecule has 1 amide bonds. The maximum absolute atomic E-state index is 11.5. The van der Waals surface area contributed by atoms with Gasteiger partial charge < -0.3 is 0 Å². The molecule has 4 nitrogen and oxygen atoms in total. The molecule has 1 rings (SSSR count). The van der Waals surface area contributed by atoms with Crippen LogP contribution in [0.2, 0.25) is 0 Å². The molecule has 0 heterocycles. The van der Waals surface area contributed by atoms with Gasteiger partial charge in [-0.1, -0.05) is 30.3 Å². The zero-order valence-electron chi connectivity index (χ0n) is 8.23. The lowest BCUT2D eigenvalue weighted by molar-refractivity contribution is -0.125. The number of ketones is 1. The molecular weight excluding hydrogens is 194 g/mol. The highest BCUT2D eigenvalue weighted by atomic mass is 16.5. The van der Waals surface area contributed by atoms with Crippen LogP contribution in [0.5, 0.6) is 0 Å². The van der Waals surface area contributed by atoms with E-state index in [-0.39, 0.29) is 11.4 Å². The minimum absolute atomic E-state index is 0.159. The number of rotatable bonds is 3. The Morgan fingerprint density at radius 1 is 1.27 bits per heavy atom. The summed E-state index contributed by atoms with van der Waals surface area (Å²) >= 11 is 0. The molecule has 0 atom stereocenters. The van der Waals surface area contributed by atoms with Crippen LogP contribution in [0.1, 0.15) is 17.3 Å². The molecule has 1 aromatic rings. The van der Waals surface area contributed by atoms with Crippen molar-refractivity contribution < 1.29 is 14.8 Å². The van der Waals surface area contributed by atoms with Crippen molar-refractivity contribution in [3.63, 3.8) is 0 Å². The van der Waals surface area contributed by atoms with E-state index in [4.69, 9.17) is 5.21 Å². The van der Waals surface area contributed by atoms with Gasteiger partial charge in [0.1, 0.15) is 0 Å². The summed E-state index contributed by atoms with van der Waals surface area (Å²) in [7, 11) is 0. The molecule has 0 aliphatic carbocycles. The number of carbonyl (C=O) groups is 2. The molecule has 0 aliphatic rings. The van der Waals surface area contributed by atoms with E-state index in [1.807, 2.05) is 0 Å². The smallest absolute Gasteiger partial charge is 0.270 e. The number of benzene rings is 1. The molecule has 0 saturated carbocycles. The average molecular weight is 205 g/mol. The number of amides is 1. The van der Waals surface area contributed by atoms with E-state index in [1.54, 1.807) is 30.3 Å². The maximum atomic E-state index is 11.5. The summed E-state index contributed by atoms with van der Waals surface area (Å²) < 4.78 is 0. The summed E-state index contributed by atoms with van der Waals surface area (Å²) in [6.45, 7) is 1.45. The van der Waals surface area contributed by atoms with Crippen LogP contribution < -0.4 is 5.48 Å². The Labute approximate surface area is 87.2 Å². The number of hydroxylamine groups is 1. The monoisotopic (exact) mass is 205 g/mol. The number of nitrogens with one attached hydrogen (secondary N) is 1. The molecule has 15 heavy (non-hydrogen) atoms. The molecular formula is C11H11NO3. The fourth-order valence-corrected chi connectivity index (χ4v) is 1.04. The van der Waals surface area contributed by atoms with Crippen molar-refractivity contribution in [3.05, 3.63) is 47.5 Å². The first kappa shape index (κ1) is 11.1. The van der Waals surface area contributed by atoms with E-state index in [9.17, 15) is 9.59 Å². The Morgan fingerprint density at radius 3 is 2.40 bits per heavy atom. The van der Waals surface area contributed by atoms with E-state index in [2.05, 4.69) is 0 Å². The summed E-state index contributed by atoms with van der Waals surface area (Å²) in [5, 5.41) is 8.34. The summed E-state index contributed by atoms with van der Waals surface area (Å²) in [5.74, 6) is -0.948. The van der Waals surface area contributed by atoms with Gasteiger partial charge in [0, 0.05) is 11.1 Å². The Bertz CT molecular complexity index is 396. The predicted molar refractivity (Wildman–Crippen MR) is 54.5 cm³/mol. The zero-order chi connectivity index (χ0) is 11.3. The van der Waals surface area contributed by atoms with Crippen molar-refractivity contribution in [1.29, 1.82) is 0 Å². The van der Waals surface area contributed by atoms with E-state index in [0.717, 1.165) is 0 Å². The predicted octanol–water partition coefficient (Wildman–Crippen LogP) is 1.32. The van der Waals surface area contributed by atoms with Gasteiger partial charge in [0.25, 0.3) is 5.91 Å². The highest BCUT2D eigenvalue weighted by Gasteiger charge is 2.06. The van der Waals surface area contributed by atoms with Gasteiger partial charge in [0.2, 0.25) is 0 Å². The molecule has 0 spiro atoms. The fraction of sp³-hybridized carbons (Fsp3) is 0.0909. The van der Waals surface area contributed by atoms with Crippen LogP contribution in [0.4, 0.5) is 0 Å². The summed E-state index contributed by atoms with van der Waals surface area (Å²) in [6, 6.07) is 8.59. The van der Waals surface area contributed by atoms with Crippen LogP contribution >= 0.6 is 0 Å². The second-order valence-corrected chi connectivity index (χ2v) is 3.00. The first-order valence-electron chi connectivity index (χ1n) is 4.37. The average Bonchev–Trinajstić information content (AvgIpc) is 2.29. The molecule has 0 saturated heterocycles. The van der Waals surface area contributed by atoms with E-state index >= 15 is 0 Å². The van der Waals surface area contributed by atoms with Crippen LogP contribution in [-0.4, -0.2) is 16.9 Å². The van der Waals surface area contributed by atoms with E-state index in [0.29, 0.717) is 5.56 Å². The normalized spacial score (nSPS) is 10.9. The van der Waals surface area contributed by atoms with Gasteiger partial charge in [-0.25, -0.2) is 5.48 Å². The molecule has 0 radical (unpaired) electrons. The molecule has 0 aliphatic heterocycles. The molecule has 0 aromatic heterocycles. The lowest BCUT2D eigenvalue weighted by Gasteiger charge is -1.98. The lowest BCUT2D eigenvalue weighted by atomic mass is 10.1. The Morgan fingerprint density at radius 2 is 1.87 bits per heavy atom. The molecule has 2 N–H and O–H groups in total. The van der Waals surface area contributed by atoms with Gasteiger partial charge in [0.15, 0.2) is 5.78 Å². The lowest BCUT2D eigenvalue weighted by Crippen LogP contribution is -2.20. The number of hydrogen-bond donors (Lipinski definition) is 2. The third-order valence-corrected chi connectivity index (χ3v) is 1.87. The number of carbonyl (C=O) groups excluding carboxylic acids is 2. The van der Waals surface area contributed by atoms with Gasteiger partial charge in [-0.15, -0.1) is 0 Å². The summed E-state index contributed by atoms with van der Waals surface area (Å²) in [6.07, 6.45) is 1.18. The highest BCUT2D eigenvalue weighted by Crippen LogP contribution is 2.03. The second kappa shape index (κ2) is 5.07. The van der Waals surface area contributed by atoms with Crippen molar-refractivity contribution in [2.24, 2.45) is 0 Å². The largest absolute Gasteiger partial charge is 0.289 e. The molecule has 0 fully saturated rings. The van der Waals surface area contributed by atoms with Gasteiger partial charge in [0.05, 0.1) is 0 Å². The molecule has 0 bridgehead atoms. The molecule has 4 heteroatoms. The minimum atomic E-state index is -0.681. The molecule has 78 valence electrons. The van der Waals surface area contributed by atoms with Crippen LogP contribution in [-0.2, 0) is 4.79 Å². The number of allylic oxidation sites excluding steroid dienone is 1. The third kappa shape index (κ3) is 3.03. The number of hydrogen-bond acceptors (Lipinski definition) is 3. The van der Waals surface area contributed by atoms with Crippen LogP contribution in [0.15, 0.2) is 42.0 Å². The van der Waals surface area contributed by atoms with Crippen LogP contribution in [0, 0.1) is 0 Å².